The molecule has 1 unspecified atom stereocenters. The van der Waals surface area contributed by atoms with Crippen molar-refractivity contribution in [3.05, 3.63) is 16.7 Å². The standard InChI is InChI=1S/C10H12ClN3O4S3/c1-10(2-5-20(15,16)6-10)13-21(17,18)8-7(11)12-9-14(8)3-4-19-9/h3-4,13H,2,5-6H2,1H3. The molecule has 7 nitrogen and oxygen atoms in total. The summed E-state index contributed by atoms with van der Waals surface area (Å²) in [6, 6.07) is 0. The molecule has 1 N–H and O–H groups in total. The van der Waals surface area contributed by atoms with E-state index in [4.69, 9.17) is 11.6 Å². The Bertz CT molecular complexity index is 915. The highest BCUT2D eigenvalue weighted by Crippen LogP contribution is 2.29. The van der Waals surface area contributed by atoms with Crippen LogP contribution in [0.5, 0.6) is 0 Å². The van der Waals surface area contributed by atoms with E-state index in [1.165, 1.54) is 15.7 Å². The second-order valence-electron chi connectivity index (χ2n) is 5.27. The fourth-order valence-corrected chi connectivity index (χ4v) is 7.52. The van der Waals surface area contributed by atoms with Crippen molar-refractivity contribution in [3.8, 4) is 0 Å². The van der Waals surface area contributed by atoms with E-state index in [1.807, 2.05) is 0 Å². The predicted molar refractivity (Wildman–Crippen MR) is 80.1 cm³/mol. The highest BCUT2D eigenvalue weighted by atomic mass is 35.5. The van der Waals surface area contributed by atoms with Crippen LogP contribution in [0.15, 0.2) is 16.6 Å². The molecule has 1 saturated heterocycles. The Morgan fingerprint density at radius 3 is 2.86 bits per heavy atom. The van der Waals surface area contributed by atoms with Crippen LogP contribution < -0.4 is 4.72 Å². The fourth-order valence-electron chi connectivity index (χ4n) is 2.44. The van der Waals surface area contributed by atoms with Crippen LogP contribution in [0.3, 0.4) is 0 Å². The summed E-state index contributed by atoms with van der Waals surface area (Å²) >= 11 is 7.18. The van der Waals surface area contributed by atoms with Gasteiger partial charge in [0.2, 0.25) is 0 Å². The van der Waals surface area contributed by atoms with E-state index < -0.39 is 25.4 Å². The molecular formula is C10H12ClN3O4S3. The summed E-state index contributed by atoms with van der Waals surface area (Å²) in [6.45, 7) is 1.58. The van der Waals surface area contributed by atoms with Crippen LogP contribution in [0.1, 0.15) is 13.3 Å². The van der Waals surface area contributed by atoms with Crippen molar-refractivity contribution in [1.29, 1.82) is 0 Å². The molecule has 2 aromatic rings. The molecule has 1 aliphatic heterocycles. The van der Waals surface area contributed by atoms with Crippen molar-refractivity contribution in [2.45, 2.75) is 23.9 Å². The van der Waals surface area contributed by atoms with Gasteiger partial charge in [-0.3, -0.25) is 4.40 Å². The Morgan fingerprint density at radius 1 is 1.52 bits per heavy atom. The Labute approximate surface area is 130 Å². The minimum atomic E-state index is -3.98. The maximum absolute atomic E-state index is 12.6. The Morgan fingerprint density at radius 2 is 2.24 bits per heavy atom. The Hall–Kier alpha value is -0.680. The van der Waals surface area contributed by atoms with E-state index in [-0.39, 0.29) is 28.1 Å². The van der Waals surface area contributed by atoms with Gasteiger partial charge in [0.1, 0.15) is 0 Å². The zero-order chi connectivity index (χ0) is 15.5. The molecule has 0 amide bonds. The van der Waals surface area contributed by atoms with Crippen LogP contribution in [0, 0.1) is 0 Å². The second-order valence-corrected chi connectivity index (χ2v) is 10.3. The number of halogens is 1. The summed E-state index contributed by atoms with van der Waals surface area (Å²) in [5.74, 6) is -0.248. The number of hydrogen-bond acceptors (Lipinski definition) is 6. The molecule has 0 bridgehead atoms. The SMILES string of the molecule is CC1(NS(=O)(=O)c2c(Cl)nc3sccn23)CCS(=O)(=O)C1. The van der Waals surface area contributed by atoms with E-state index in [9.17, 15) is 16.8 Å². The largest absolute Gasteiger partial charge is 0.279 e. The topological polar surface area (TPSA) is 97.6 Å². The second kappa shape index (κ2) is 4.66. The van der Waals surface area contributed by atoms with Gasteiger partial charge in [0, 0.05) is 17.1 Å². The first-order valence-electron chi connectivity index (χ1n) is 5.97. The van der Waals surface area contributed by atoms with Gasteiger partial charge in [0.05, 0.1) is 11.5 Å². The molecule has 0 radical (unpaired) electrons. The van der Waals surface area contributed by atoms with Crippen molar-refractivity contribution < 1.29 is 16.8 Å². The first-order chi connectivity index (χ1) is 9.62. The lowest BCUT2D eigenvalue weighted by atomic mass is 10.0. The van der Waals surface area contributed by atoms with Crippen molar-refractivity contribution in [2.24, 2.45) is 0 Å². The zero-order valence-corrected chi connectivity index (χ0v) is 14.1. The summed E-state index contributed by atoms with van der Waals surface area (Å²) in [6.07, 6.45) is 1.79. The van der Waals surface area contributed by atoms with Crippen LogP contribution >= 0.6 is 22.9 Å². The molecule has 1 atom stereocenters. The maximum atomic E-state index is 12.6. The van der Waals surface area contributed by atoms with Gasteiger partial charge in [0.25, 0.3) is 10.0 Å². The van der Waals surface area contributed by atoms with Crippen LogP contribution in [-0.4, -0.2) is 43.3 Å². The van der Waals surface area contributed by atoms with E-state index in [0.717, 1.165) is 0 Å². The van der Waals surface area contributed by atoms with Gasteiger partial charge in [-0.2, -0.15) is 0 Å². The molecule has 0 aromatic carbocycles. The Kier molecular flexibility index (Phi) is 3.38. The van der Waals surface area contributed by atoms with Gasteiger partial charge in [-0.05, 0) is 13.3 Å². The quantitative estimate of drug-likeness (QED) is 0.867. The molecule has 3 heterocycles. The summed E-state index contributed by atoms with van der Waals surface area (Å²) in [4.78, 5) is 4.44. The smallest absolute Gasteiger partial charge is 0.260 e. The third-order valence-electron chi connectivity index (χ3n) is 3.32. The molecule has 0 saturated carbocycles. The van der Waals surface area contributed by atoms with E-state index in [0.29, 0.717) is 4.96 Å². The first-order valence-corrected chi connectivity index (χ1v) is 10.5. The lowest BCUT2D eigenvalue weighted by Gasteiger charge is -2.23. The summed E-state index contributed by atoms with van der Waals surface area (Å²) in [5.41, 5.74) is -1.03. The summed E-state index contributed by atoms with van der Waals surface area (Å²) in [5, 5.41) is 1.41. The predicted octanol–water partition coefficient (Wildman–Crippen LogP) is 0.905. The molecule has 0 spiro atoms. The lowest BCUT2D eigenvalue weighted by molar-refractivity contribution is 0.460. The van der Waals surface area contributed by atoms with Crippen molar-refractivity contribution in [1.82, 2.24) is 14.1 Å². The number of nitrogens with zero attached hydrogens (tertiary/aromatic N) is 2. The number of fused-ring (bicyclic) bond motifs is 1. The Balaban J connectivity index is 2.02. The molecule has 1 fully saturated rings. The van der Waals surface area contributed by atoms with E-state index in [1.54, 1.807) is 18.5 Å². The van der Waals surface area contributed by atoms with Gasteiger partial charge in [0.15, 0.2) is 25.0 Å². The number of sulfone groups is 1. The monoisotopic (exact) mass is 369 g/mol. The van der Waals surface area contributed by atoms with E-state index in [2.05, 4.69) is 9.71 Å². The average Bonchev–Trinajstić information content (AvgIpc) is 2.90. The molecular weight excluding hydrogens is 358 g/mol. The van der Waals surface area contributed by atoms with Crippen LogP contribution in [-0.2, 0) is 19.9 Å². The minimum Gasteiger partial charge on any atom is -0.279 e. The van der Waals surface area contributed by atoms with Gasteiger partial charge in [-0.15, -0.1) is 11.3 Å². The minimum absolute atomic E-state index is 0.0278. The highest BCUT2D eigenvalue weighted by Gasteiger charge is 2.42. The molecule has 116 valence electrons. The van der Waals surface area contributed by atoms with Gasteiger partial charge in [-0.1, -0.05) is 11.6 Å². The van der Waals surface area contributed by atoms with E-state index >= 15 is 0 Å². The first kappa shape index (κ1) is 15.2. The third-order valence-corrected chi connectivity index (χ3v) is 8.01. The van der Waals surface area contributed by atoms with Gasteiger partial charge in [-0.25, -0.2) is 26.5 Å². The third kappa shape index (κ3) is 2.70. The number of imidazole rings is 1. The molecule has 11 heteroatoms. The van der Waals surface area contributed by atoms with Gasteiger partial charge < -0.3 is 0 Å². The highest BCUT2D eigenvalue weighted by molar-refractivity contribution is 7.92. The summed E-state index contributed by atoms with van der Waals surface area (Å²) < 4.78 is 52.1. The number of sulfonamides is 1. The van der Waals surface area contributed by atoms with Crippen LogP contribution in [0.4, 0.5) is 0 Å². The van der Waals surface area contributed by atoms with Crippen molar-refractivity contribution in [3.63, 3.8) is 0 Å². The van der Waals surface area contributed by atoms with Crippen LogP contribution in [0.2, 0.25) is 5.15 Å². The lowest BCUT2D eigenvalue weighted by Crippen LogP contribution is -2.47. The normalized spacial score (nSPS) is 25.6. The number of aromatic nitrogens is 2. The number of nitrogens with one attached hydrogen (secondary N) is 1. The fraction of sp³-hybridized carbons (Fsp3) is 0.500. The molecule has 1 aliphatic rings. The summed E-state index contributed by atoms with van der Waals surface area (Å²) in [7, 11) is -7.19. The zero-order valence-electron chi connectivity index (χ0n) is 10.9. The maximum Gasteiger partial charge on any atom is 0.260 e. The van der Waals surface area contributed by atoms with Crippen LogP contribution in [0.25, 0.3) is 4.96 Å². The van der Waals surface area contributed by atoms with Gasteiger partial charge >= 0.3 is 0 Å². The molecule has 3 rings (SSSR count). The number of hydrogen-bond donors (Lipinski definition) is 1. The van der Waals surface area contributed by atoms with Crippen molar-refractivity contribution in [2.75, 3.05) is 11.5 Å². The molecule has 21 heavy (non-hydrogen) atoms. The van der Waals surface area contributed by atoms with Crippen molar-refractivity contribution >= 4 is 47.8 Å². The number of thiazole rings is 1. The molecule has 0 aliphatic carbocycles. The average molecular weight is 370 g/mol. The number of rotatable bonds is 3. The molecule has 2 aromatic heterocycles.